The molecule has 0 radical (unpaired) electrons. The summed E-state index contributed by atoms with van der Waals surface area (Å²) in [6.07, 6.45) is -1.84. The van der Waals surface area contributed by atoms with Crippen LogP contribution in [0.3, 0.4) is 0 Å². The van der Waals surface area contributed by atoms with E-state index in [1.165, 1.54) is 0 Å². The van der Waals surface area contributed by atoms with Gasteiger partial charge in [-0.25, -0.2) is 4.98 Å². The number of benzene rings is 1. The summed E-state index contributed by atoms with van der Waals surface area (Å²) in [5, 5.41) is 24.7. The zero-order chi connectivity index (χ0) is 24.5. The molecule has 12 nitrogen and oxygen atoms in total. The van der Waals surface area contributed by atoms with Gasteiger partial charge in [-0.2, -0.15) is 4.98 Å². The lowest BCUT2D eigenvalue weighted by Crippen LogP contribution is -2.34. The average Bonchev–Trinajstić information content (AvgIpc) is 3.53. The number of rotatable bonds is 9. The number of nitrogens with one attached hydrogen (secondary N) is 4. The monoisotopic (exact) mass is 501 g/mol. The molecule has 13 heteroatoms. The van der Waals surface area contributed by atoms with Crippen LogP contribution in [0.4, 0.5) is 11.5 Å². The maximum Gasteiger partial charge on any atom is 0.296 e. The maximum absolute atomic E-state index is 11.1. The van der Waals surface area contributed by atoms with Gasteiger partial charge in [0.05, 0.1) is 42.6 Å². The Morgan fingerprint density at radius 3 is 2.86 bits per heavy atom. The normalized spacial score (nSPS) is 23.3. The van der Waals surface area contributed by atoms with Crippen molar-refractivity contribution in [1.29, 1.82) is 5.41 Å². The fourth-order valence-corrected chi connectivity index (χ4v) is 4.33. The Hall–Kier alpha value is -3.45. The minimum Gasteiger partial charge on any atom is -0.456 e. The number of carbonyl (C=O) groups excluding carboxylic acids is 1. The topological polar surface area (TPSA) is 180 Å². The third-order valence-electron chi connectivity index (χ3n) is 5.79. The number of hydrogen-bond donors (Lipinski definition) is 6. The molecule has 0 unspecified atom stereocenters. The summed E-state index contributed by atoms with van der Waals surface area (Å²) in [6, 6.07) is 9.05. The zero-order valence-corrected chi connectivity index (χ0v) is 19.2. The number of imidazole rings is 1. The van der Waals surface area contributed by atoms with Gasteiger partial charge >= 0.3 is 0 Å². The van der Waals surface area contributed by atoms with Crippen LogP contribution in [0.15, 0.2) is 30.3 Å². The molecule has 2 saturated heterocycles. The lowest BCUT2D eigenvalue weighted by molar-refractivity contribution is -0.116. The Kier molecular flexibility index (Phi) is 6.43. The molecule has 2 fully saturated rings. The molecular formula is C22H24ClN7O5. The van der Waals surface area contributed by atoms with Gasteiger partial charge in [-0.3, -0.25) is 4.79 Å². The van der Waals surface area contributed by atoms with E-state index < -0.39 is 24.2 Å². The number of amides is 1. The Morgan fingerprint density at radius 1 is 1.23 bits per heavy atom. The fraction of sp³-hybridized carbons (Fsp3) is 0.364. The van der Waals surface area contributed by atoms with Crippen LogP contribution >= 0.6 is 11.6 Å². The minimum atomic E-state index is -0.664. The van der Waals surface area contributed by atoms with Gasteiger partial charge in [-0.1, -0.05) is 29.8 Å². The summed E-state index contributed by atoms with van der Waals surface area (Å²) in [5.74, 6) is -0.138. The minimum absolute atomic E-state index is 0.0353. The van der Waals surface area contributed by atoms with Gasteiger partial charge in [0.2, 0.25) is 5.91 Å². The van der Waals surface area contributed by atoms with Gasteiger partial charge in [0, 0.05) is 11.3 Å². The Morgan fingerprint density at radius 2 is 2.03 bits per heavy atom. The third kappa shape index (κ3) is 4.86. The molecule has 2 aliphatic heterocycles. The predicted octanol–water partition coefficient (Wildman–Crippen LogP) is 0.894. The van der Waals surface area contributed by atoms with Crippen molar-refractivity contribution in [3.05, 3.63) is 40.9 Å². The van der Waals surface area contributed by atoms with Crippen LogP contribution < -0.4 is 21.1 Å². The molecule has 2 aromatic heterocycles. The number of aliphatic hydroxyl groups excluding tert-OH is 1. The number of carbonyl (C=O) groups is 1. The fourth-order valence-electron chi connectivity index (χ4n) is 4.11. The summed E-state index contributed by atoms with van der Waals surface area (Å²) >= 11 is 6.40. The van der Waals surface area contributed by atoms with Crippen molar-refractivity contribution in [2.24, 2.45) is 5.73 Å². The highest BCUT2D eigenvalue weighted by Crippen LogP contribution is 2.30. The molecular weight excluding hydrogens is 478 g/mol. The number of para-hydroxylation sites is 1. The number of aromatic amines is 1. The number of ether oxygens (including phenoxy) is 3. The number of halogens is 1. The second-order valence-corrected chi connectivity index (χ2v) is 8.66. The second-order valence-electron chi connectivity index (χ2n) is 8.25. The number of pyridine rings is 1. The summed E-state index contributed by atoms with van der Waals surface area (Å²) in [5.41, 5.74) is 7.67. The Balaban J connectivity index is 1.26. The van der Waals surface area contributed by atoms with Crippen LogP contribution in [0.25, 0.3) is 11.2 Å². The van der Waals surface area contributed by atoms with Crippen LogP contribution in [0.5, 0.6) is 6.01 Å². The molecule has 1 aromatic carbocycles. The lowest BCUT2D eigenvalue weighted by Gasteiger charge is -2.15. The summed E-state index contributed by atoms with van der Waals surface area (Å²) in [4.78, 5) is 23.0. The van der Waals surface area contributed by atoms with Crippen LogP contribution in [0, 0.1) is 5.41 Å². The molecule has 0 spiro atoms. The summed E-state index contributed by atoms with van der Waals surface area (Å²) in [7, 11) is 0. The number of nitrogens with two attached hydrogens (primary N) is 1. The number of H-pyrrole nitrogens is 1. The van der Waals surface area contributed by atoms with E-state index >= 15 is 0 Å². The van der Waals surface area contributed by atoms with Gasteiger partial charge in [0.15, 0.2) is 11.8 Å². The molecule has 35 heavy (non-hydrogen) atoms. The van der Waals surface area contributed by atoms with E-state index in [1.54, 1.807) is 30.3 Å². The molecule has 2 aliphatic rings. The Labute approximate surface area is 204 Å². The highest BCUT2D eigenvalue weighted by Gasteiger charge is 2.48. The molecule has 4 atom stereocenters. The van der Waals surface area contributed by atoms with Crippen LogP contribution in [-0.4, -0.2) is 82.4 Å². The molecule has 1 amide bonds. The van der Waals surface area contributed by atoms with Gasteiger partial charge < -0.3 is 46.1 Å². The first-order chi connectivity index (χ1) is 16.9. The number of anilines is 2. The smallest absolute Gasteiger partial charge is 0.296 e. The largest absolute Gasteiger partial charge is 0.456 e. The van der Waals surface area contributed by atoms with E-state index in [9.17, 15) is 9.90 Å². The maximum atomic E-state index is 11.1. The Bertz CT molecular complexity index is 1270. The van der Waals surface area contributed by atoms with Crippen molar-refractivity contribution in [3.63, 3.8) is 0 Å². The van der Waals surface area contributed by atoms with Gasteiger partial charge in [-0.15, -0.1) is 0 Å². The van der Waals surface area contributed by atoms with Crippen molar-refractivity contribution in [3.8, 4) is 6.01 Å². The van der Waals surface area contributed by atoms with Crippen LogP contribution in [0.1, 0.15) is 5.56 Å². The highest BCUT2D eigenvalue weighted by molar-refractivity contribution is 6.33. The molecule has 0 saturated carbocycles. The van der Waals surface area contributed by atoms with Crippen molar-refractivity contribution in [1.82, 2.24) is 15.0 Å². The first-order valence-electron chi connectivity index (χ1n) is 11.0. The van der Waals surface area contributed by atoms with Crippen LogP contribution in [0.2, 0.25) is 5.02 Å². The number of fused-ring (bicyclic) bond motifs is 2. The number of primary amides is 1. The molecule has 4 heterocycles. The van der Waals surface area contributed by atoms with E-state index in [0.717, 1.165) is 0 Å². The predicted molar refractivity (Wildman–Crippen MR) is 128 cm³/mol. The van der Waals surface area contributed by atoms with Crippen molar-refractivity contribution in [2.75, 3.05) is 36.9 Å². The number of nitrogens with zero attached hydrogens (tertiary/aromatic N) is 2. The molecule has 5 rings (SSSR count). The molecule has 0 bridgehead atoms. The van der Waals surface area contributed by atoms with E-state index in [0.29, 0.717) is 33.3 Å². The number of hydrogen-bond acceptors (Lipinski definition) is 10. The van der Waals surface area contributed by atoms with E-state index in [2.05, 4.69) is 25.6 Å². The van der Waals surface area contributed by atoms with Crippen LogP contribution in [-0.2, 0) is 14.3 Å². The van der Waals surface area contributed by atoms with E-state index in [1.807, 2.05) is 0 Å². The van der Waals surface area contributed by atoms with E-state index in [-0.39, 0.29) is 44.1 Å². The number of aromatic nitrogens is 3. The molecule has 3 aromatic rings. The van der Waals surface area contributed by atoms with Gasteiger partial charge in [0.1, 0.15) is 24.1 Å². The molecule has 0 aliphatic carbocycles. The van der Waals surface area contributed by atoms with Crippen molar-refractivity contribution >= 4 is 45.9 Å². The second kappa shape index (κ2) is 9.66. The summed E-state index contributed by atoms with van der Waals surface area (Å²) < 4.78 is 17.1. The molecule has 7 N–H and O–H groups in total. The first-order valence-corrected chi connectivity index (χ1v) is 11.3. The SMILES string of the molecule is N=C(CNc1nc2nc(O[C@@H]3CO[C@H]4[C@@H]3OC[C@H]4O)[nH]c2cc1Cl)c1ccccc1NCC(N)=O. The van der Waals surface area contributed by atoms with Gasteiger partial charge in [-0.05, 0) is 12.1 Å². The third-order valence-corrected chi connectivity index (χ3v) is 6.08. The zero-order valence-electron chi connectivity index (χ0n) is 18.5. The van der Waals surface area contributed by atoms with Crippen molar-refractivity contribution < 1.29 is 24.1 Å². The lowest BCUT2D eigenvalue weighted by atomic mass is 10.1. The van der Waals surface area contributed by atoms with Gasteiger partial charge in [0.25, 0.3) is 6.01 Å². The van der Waals surface area contributed by atoms with E-state index in [4.69, 9.17) is 37.0 Å². The average molecular weight is 502 g/mol. The highest BCUT2D eigenvalue weighted by atomic mass is 35.5. The number of aliphatic hydroxyl groups is 1. The standard InChI is InChI=1S/C22H24ClN7O5/c23-11-5-14-21(30-22(28-14)35-16-9-34-18-15(31)8-33-19(16)18)29-20(11)27-6-12(24)10-3-1-2-4-13(10)26-7-17(25)32/h1-5,15-16,18-19,24,26,31H,6-9H2,(H2,25,32)(H2,27,28,29,30)/t15-,16-,18-,19-/m1/s1. The first kappa shape index (κ1) is 23.3. The van der Waals surface area contributed by atoms with Crippen molar-refractivity contribution in [2.45, 2.75) is 24.4 Å². The summed E-state index contributed by atoms with van der Waals surface area (Å²) in [6.45, 7) is 0.584. The molecule has 184 valence electrons. The quantitative estimate of drug-likeness (QED) is 0.232.